The molecule has 0 rings (SSSR count). The zero-order valence-corrected chi connectivity index (χ0v) is 54.1. The van der Waals surface area contributed by atoms with E-state index in [0.717, 1.165) is 103 Å². The van der Waals surface area contributed by atoms with E-state index in [1.807, 2.05) is 0 Å². The SMILES string of the molecule is CC/C=C\C/C=C\C/C=C\C/C=C\CCCCCCCCC(=O)OC(COC(=O)CCCCCCC/C=C\CCCCCC)COC(=O)CCCCCCCCCCCCCCCCCCCCC/C=C\CCCCCCCCCC. The average Bonchev–Trinajstić information content (AvgIpc) is 3.46. The van der Waals surface area contributed by atoms with Crippen molar-refractivity contribution < 1.29 is 28.6 Å². The number of allylic oxidation sites excluding steroid dienone is 12. The maximum atomic E-state index is 12.9. The van der Waals surface area contributed by atoms with Crippen LogP contribution in [0, 0.1) is 0 Å². The molecule has 0 heterocycles. The predicted molar refractivity (Wildman–Crippen MR) is 353 cm³/mol. The van der Waals surface area contributed by atoms with E-state index in [-0.39, 0.29) is 31.1 Å². The van der Waals surface area contributed by atoms with Crippen LogP contribution in [0.15, 0.2) is 72.9 Å². The lowest BCUT2D eigenvalue weighted by Gasteiger charge is -2.18. The summed E-state index contributed by atoms with van der Waals surface area (Å²) >= 11 is 0. The molecule has 470 valence electrons. The van der Waals surface area contributed by atoms with Gasteiger partial charge in [0.2, 0.25) is 0 Å². The van der Waals surface area contributed by atoms with E-state index >= 15 is 0 Å². The summed E-state index contributed by atoms with van der Waals surface area (Å²) in [5, 5.41) is 0. The van der Waals surface area contributed by atoms with Crippen molar-refractivity contribution in [1.82, 2.24) is 0 Å². The summed E-state index contributed by atoms with van der Waals surface area (Å²) < 4.78 is 17.0. The summed E-state index contributed by atoms with van der Waals surface area (Å²) in [4.78, 5) is 38.4. The quantitative estimate of drug-likeness (QED) is 0.0261. The van der Waals surface area contributed by atoms with E-state index in [2.05, 4.69) is 93.7 Å². The first kappa shape index (κ1) is 77.9. The second-order valence-electron chi connectivity index (χ2n) is 23.8. The van der Waals surface area contributed by atoms with Gasteiger partial charge in [0, 0.05) is 19.3 Å². The summed E-state index contributed by atoms with van der Waals surface area (Å²) in [6.07, 6.45) is 90.9. The highest BCUT2D eigenvalue weighted by atomic mass is 16.6. The van der Waals surface area contributed by atoms with Gasteiger partial charge in [-0.3, -0.25) is 14.4 Å². The van der Waals surface area contributed by atoms with Crippen LogP contribution in [0.3, 0.4) is 0 Å². The number of carbonyl (C=O) groups is 3. The number of rotatable bonds is 65. The smallest absolute Gasteiger partial charge is 0.306 e. The van der Waals surface area contributed by atoms with Crippen molar-refractivity contribution in [2.45, 2.75) is 374 Å². The number of hydrogen-bond acceptors (Lipinski definition) is 6. The Hall–Kier alpha value is -3.15. The number of unbranched alkanes of at least 4 members (excludes halogenated alkanes) is 42. The maximum Gasteiger partial charge on any atom is 0.306 e. The first-order valence-electron chi connectivity index (χ1n) is 35.4. The summed E-state index contributed by atoms with van der Waals surface area (Å²) in [5.74, 6) is -0.886. The minimum absolute atomic E-state index is 0.0810. The lowest BCUT2D eigenvalue weighted by atomic mass is 10.0. The van der Waals surface area contributed by atoms with Crippen molar-refractivity contribution in [1.29, 1.82) is 0 Å². The first-order valence-corrected chi connectivity index (χ1v) is 35.4. The van der Waals surface area contributed by atoms with Gasteiger partial charge in [-0.1, -0.05) is 312 Å². The van der Waals surface area contributed by atoms with Crippen molar-refractivity contribution in [3.05, 3.63) is 72.9 Å². The van der Waals surface area contributed by atoms with Crippen LogP contribution in [0.25, 0.3) is 0 Å². The summed E-state index contributed by atoms with van der Waals surface area (Å²) in [7, 11) is 0. The molecule has 0 aliphatic carbocycles. The fourth-order valence-corrected chi connectivity index (χ4v) is 10.4. The molecule has 0 fully saturated rings. The molecule has 81 heavy (non-hydrogen) atoms. The average molecular weight is 1130 g/mol. The van der Waals surface area contributed by atoms with Gasteiger partial charge in [0.25, 0.3) is 0 Å². The van der Waals surface area contributed by atoms with Gasteiger partial charge < -0.3 is 14.2 Å². The number of carbonyl (C=O) groups excluding carboxylic acids is 3. The Kier molecular flexibility index (Phi) is 66.6. The third-order valence-electron chi connectivity index (χ3n) is 15.7. The fraction of sp³-hybridized carbons (Fsp3) is 0.800. The standard InChI is InChI=1S/C75H134O6/c1-4-7-10-13-16-19-22-25-27-29-31-32-33-34-35-36-37-38-39-40-41-42-44-45-47-50-53-56-59-62-65-68-74(77)80-71-72(70-79-73(76)67-64-61-58-55-52-49-24-21-18-15-12-9-6-3)81-75(78)69-66-63-60-57-54-51-48-46-43-30-28-26-23-20-17-14-11-8-5-2/h8,11,17,20-21,24,26,28-29,31,43,46,72H,4-7,9-10,12-16,18-19,22-23,25,27,30,32-42,44-45,47-71H2,1-3H3/b11-8-,20-17-,24-21-,28-26-,31-29-,46-43-. The van der Waals surface area contributed by atoms with Crippen molar-refractivity contribution in [2.75, 3.05) is 13.2 Å². The maximum absolute atomic E-state index is 12.9. The molecule has 0 aliphatic rings. The molecule has 0 radical (unpaired) electrons. The van der Waals surface area contributed by atoms with Crippen molar-refractivity contribution in [2.24, 2.45) is 0 Å². The monoisotopic (exact) mass is 1130 g/mol. The van der Waals surface area contributed by atoms with Gasteiger partial charge in [-0.25, -0.2) is 0 Å². The molecule has 0 aromatic heterocycles. The highest BCUT2D eigenvalue weighted by Crippen LogP contribution is 2.18. The second-order valence-corrected chi connectivity index (χ2v) is 23.8. The van der Waals surface area contributed by atoms with Crippen LogP contribution < -0.4 is 0 Å². The normalized spacial score (nSPS) is 12.5. The minimum atomic E-state index is -0.787. The van der Waals surface area contributed by atoms with Crippen LogP contribution in [-0.2, 0) is 28.6 Å². The molecule has 0 amide bonds. The van der Waals surface area contributed by atoms with Crippen LogP contribution in [0.5, 0.6) is 0 Å². The lowest BCUT2D eigenvalue weighted by Crippen LogP contribution is -2.30. The molecular weight excluding hydrogens is 997 g/mol. The Morgan fingerprint density at radius 3 is 0.778 bits per heavy atom. The Bertz CT molecular complexity index is 1490. The highest BCUT2D eigenvalue weighted by molar-refractivity contribution is 5.71. The molecule has 1 atom stereocenters. The van der Waals surface area contributed by atoms with E-state index in [0.29, 0.717) is 19.3 Å². The molecule has 0 bridgehead atoms. The van der Waals surface area contributed by atoms with Crippen LogP contribution in [0.4, 0.5) is 0 Å². The van der Waals surface area contributed by atoms with Crippen LogP contribution in [0.2, 0.25) is 0 Å². The van der Waals surface area contributed by atoms with Gasteiger partial charge in [-0.15, -0.1) is 0 Å². The Morgan fingerprint density at radius 1 is 0.259 bits per heavy atom. The van der Waals surface area contributed by atoms with Gasteiger partial charge in [0.15, 0.2) is 6.10 Å². The first-order chi connectivity index (χ1) is 40.0. The highest BCUT2D eigenvalue weighted by Gasteiger charge is 2.19. The van der Waals surface area contributed by atoms with Gasteiger partial charge in [0.1, 0.15) is 13.2 Å². The molecular formula is C75H134O6. The largest absolute Gasteiger partial charge is 0.462 e. The number of hydrogen-bond donors (Lipinski definition) is 0. The van der Waals surface area contributed by atoms with Gasteiger partial charge in [-0.2, -0.15) is 0 Å². The van der Waals surface area contributed by atoms with E-state index in [4.69, 9.17) is 14.2 Å². The van der Waals surface area contributed by atoms with Crippen molar-refractivity contribution >= 4 is 17.9 Å². The fourth-order valence-electron chi connectivity index (χ4n) is 10.4. The minimum Gasteiger partial charge on any atom is -0.462 e. The molecule has 1 unspecified atom stereocenters. The number of esters is 3. The Labute approximate surface area is 503 Å². The molecule has 0 N–H and O–H groups in total. The second kappa shape index (κ2) is 69.3. The molecule has 6 nitrogen and oxygen atoms in total. The van der Waals surface area contributed by atoms with E-state index in [1.54, 1.807) is 0 Å². The molecule has 0 aromatic rings. The van der Waals surface area contributed by atoms with Crippen LogP contribution in [-0.4, -0.2) is 37.2 Å². The van der Waals surface area contributed by atoms with Gasteiger partial charge in [-0.05, 0) is 109 Å². The van der Waals surface area contributed by atoms with Crippen molar-refractivity contribution in [3.63, 3.8) is 0 Å². The molecule has 0 aromatic carbocycles. The summed E-state index contributed by atoms with van der Waals surface area (Å²) in [6.45, 7) is 6.54. The Balaban J connectivity index is 4.19. The van der Waals surface area contributed by atoms with Gasteiger partial charge >= 0.3 is 17.9 Å². The Morgan fingerprint density at radius 2 is 0.481 bits per heavy atom. The van der Waals surface area contributed by atoms with E-state index < -0.39 is 6.10 Å². The van der Waals surface area contributed by atoms with Crippen LogP contribution in [0.1, 0.15) is 367 Å². The predicted octanol–water partition coefficient (Wildman–Crippen LogP) is 24.4. The van der Waals surface area contributed by atoms with Crippen molar-refractivity contribution in [3.8, 4) is 0 Å². The third kappa shape index (κ3) is 67.5. The molecule has 0 saturated carbocycles. The summed E-state index contributed by atoms with van der Waals surface area (Å²) in [6, 6.07) is 0. The van der Waals surface area contributed by atoms with Gasteiger partial charge in [0.05, 0.1) is 0 Å². The molecule has 6 heteroatoms. The van der Waals surface area contributed by atoms with E-state index in [9.17, 15) is 14.4 Å². The topological polar surface area (TPSA) is 78.9 Å². The number of ether oxygens (including phenoxy) is 3. The zero-order valence-electron chi connectivity index (χ0n) is 54.1. The van der Waals surface area contributed by atoms with E-state index in [1.165, 1.54) is 225 Å². The third-order valence-corrected chi connectivity index (χ3v) is 15.7. The molecule has 0 aliphatic heterocycles. The molecule has 0 spiro atoms. The lowest BCUT2D eigenvalue weighted by molar-refractivity contribution is -0.167. The zero-order chi connectivity index (χ0) is 58.5. The van der Waals surface area contributed by atoms with Crippen LogP contribution >= 0.6 is 0 Å². The molecule has 0 saturated heterocycles. The summed E-state index contributed by atoms with van der Waals surface area (Å²) in [5.41, 5.74) is 0.